The number of aromatic nitrogens is 1. The van der Waals surface area contributed by atoms with Gasteiger partial charge in [-0.25, -0.2) is 4.79 Å². The first kappa shape index (κ1) is 9.57. The van der Waals surface area contributed by atoms with Gasteiger partial charge in [-0.05, 0) is 20.8 Å². The minimum atomic E-state index is -0.265. The molecule has 0 radical (unpaired) electrons. The number of carbonyl (C=O) groups excluding carboxylic acids is 1. The van der Waals surface area contributed by atoms with E-state index in [1.807, 2.05) is 13.8 Å². The van der Waals surface area contributed by atoms with Crippen LogP contribution in [0.5, 0.6) is 0 Å². The topological polar surface area (TPSA) is 67.2 Å². The molecule has 5 heteroatoms. The molecule has 2 N–H and O–H groups in total. The van der Waals surface area contributed by atoms with Gasteiger partial charge in [0.15, 0.2) is 5.82 Å². The molecular formula is C8H13N3O2. The molecule has 0 unspecified atom stereocenters. The summed E-state index contributed by atoms with van der Waals surface area (Å²) in [5.41, 5.74) is 0.853. The Labute approximate surface area is 76.5 Å². The van der Waals surface area contributed by atoms with E-state index in [0.717, 1.165) is 5.56 Å². The summed E-state index contributed by atoms with van der Waals surface area (Å²) in [5, 5.41) is 8.87. The second-order valence-electron chi connectivity index (χ2n) is 2.70. The maximum absolute atomic E-state index is 11.1. The maximum atomic E-state index is 11.1. The van der Waals surface area contributed by atoms with Crippen molar-refractivity contribution in [2.75, 3.05) is 11.9 Å². The Morgan fingerprint density at radius 2 is 2.23 bits per heavy atom. The molecule has 1 aromatic rings. The Morgan fingerprint density at radius 1 is 1.54 bits per heavy atom. The van der Waals surface area contributed by atoms with Crippen molar-refractivity contribution in [3.8, 4) is 0 Å². The summed E-state index contributed by atoms with van der Waals surface area (Å²) < 4.78 is 4.88. The van der Waals surface area contributed by atoms with Crippen LogP contribution in [0.2, 0.25) is 0 Å². The molecule has 1 aromatic heterocycles. The molecule has 1 heterocycles. The van der Waals surface area contributed by atoms with Crippen molar-refractivity contribution >= 4 is 11.8 Å². The van der Waals surface area contributed by atoms with Crippen molar-refractivity contribution in [3.05, 3.63) is 11.3 Å². The Bertz CT molecular complexity index is 306. The van der Waals surface area contributed by atoms with E-state index >= 15 is 0 Å². The van der Waals surface area contributed by atoms with E-state index in [-0.39, 0.29) is 6.03 Å². The van der Waals surface area contributed by atoms with E-state index in [9.17, 15) is 4.79 Å². The average Bonchev–Trinajstić information content (AvgIpc) is 2.37. The zero-order valence-corrected chi connectivity index (χ0v) is 7.97. The van der Waals surface area contributed by atoms with Gasteiger partial charge in [0.05, 0.1) is 0 Å². The van der Waals surface area contributed by atoms with E-state index in [2.05, 4.69) is 15.8 Å². The van der Waals surface area contributed by atoms with Crippen LogP contribution in [0.15, 0.2) is 4.52 Å². The van der Waals surface area contributed by atoms with Crippen LogP contribution in [0.4, 0.5) is 10.6 Å². The smallest absolute Gasteiger partial charge is 0.320 e. The van der Waals surface area contributed by atoms with Crippen molar-refractivity contribution in [2.24, 2.45) is 0 Å². The van der Waals surface area contributed by atoms with Crippen LogP contribution >= 0.6 is 0 Å². The number of carbonyl (C=O) groups is 1. The third kappa shape index (κ3) is 2.21. The summed E-state index contributed by atoms with van der Waals surface area (Å²) in [6, 6.07) is -0.265. The van der Waals surface area contributed by atoms with Crippen LogP contribution in [0, 0.1) is 13.8 Å². The molecule has 1 rings (SSSR count). The Kier molecular flexibility index (Phi) is 2.89. The molecule has 13 heavy (non-hydrogen) atoms. The molecule has 0 fully saturated rings. The van der Waals surface area contributed by atoms with Gasteiger partial charge in [0.25, 0.3) is 0 Å². The lowest BCUT2D eigenvalue weighted by Crippen LogP contribution is -2.28. The molecule has 0 atom stereocenters. The highest BCUT2D eigenvalue weighted by molar-refractivity contribution is 5.88. The van der Waals surface area contributed by atoms with Gasteiger partial charge < -0.3 is 9.84 Å². The van der Waals surface area contributed by atoms with Crippen molar-refractivity contribution in [2.45, 2.75) is 20.8 Å². The summed E-state index contributed by atoms with van der Waals surface area (Å²) in [7, 11) is 0. The van der Waals surface area contributed by atoms with Crippen molar-refractivity contribution in [1.29, 1.82) is 0 Å². The normalized spacial score (nSPS) is 9.77. The first-order valence-electron chi connectivity index (χ1n) is 4.13. The number of amides is 2. The van der Waals surface area contributed by atoms with Crippen LogP contribution in [-0.2, 0) is 0 Å². The highest BCUT2D eigenvalue weighted by Gasteiger charge is 2.09. The van der Waals surface area contributed by atoms with Gasteiger partial charge >= 0.3 is 6.03 Å². The molecule has 72 valence electrons. The monoisotopic (exact) mass is 183 g/mol. The summed E-state index contributed by atoms with van der Waals surface area (Å²) in [4.78, 5) is 11.1. The minimum Gasteiger partial charge on any atom is -0.359 e. The minimum absolute atomic E-state index is 0.265. The van der Waals surface area contributed by atoms with Gasteiger partial charge in [0, 0.05) is 12.1 Å². The van der Waals surface area contributed by atoms with Crippen molar-refractivity contribution < 1.29 is 9.32 Å². The van der Waals surface area contributed by atoms with Crippen LogP contribution in [0.25, 0.3) is 0 Å². The number of hydrogen-bond acceptors (Lipinski definition) is 3. The third-order valence-corrected chi connectivity index (χ3v) is 1.73. The number of hydrogen-bond donors (Lipinski definition) is 2. The van der Waals surface area contributed by atoms with E-state index in [0.29, 0.717) is 18.1 Å². The van der Waals surface area contributed by atoms with E-state index in [1.54, 1.807) is 6.92 Å². The number of nitrogens with one attached hydrogen (secondary N) is 2. The number of rotatable bonds is 2. The lowest BCUT2D eigenvalue weighted by Gasteiger charge is -2.01. The first-order valence-corrected chi connectivity index (χ1v) is 4.13. The summed E-state index contributed by atoms with van der Waals surface area (Å²) in [6.45, 7) is 6.07. The SMILES string of the molecule is CCNC(=O)Nc1noc(C)c1C. The average molecular weight is 183 g/mol. The third-order valence-electron chi connectivity index (χ3n) is 1.73. The molecule has 0 aliphatic rings. The summed E-state index contributed by atoms with van der Waals surface area (Å²) in [6.07, 6.45) is 0. The lowest BCUT2D eigenvalue weighted by molar-refractivity contribution is 0.252. The van der Waals surface area contributed by atoms with Crippen molar-refractivity contribution in [1.82, 2.24) is 10.5 Å². The molecule has 0 saturated carbocycles. The van der Waals surface area contributed by atoms with Crippen LogP contribution in [0.1, 0.15) is 18.2 Å². The molecule has 0 aliphatic carbocycles. The molecule has 0 bridgehead atoms. The molecule has 5 nitrogen and oxygen atoms in total. The Hall–Kier alpha value is -1.52. The van der Waals surface area contributed by atoms with Gasteiger partial charge in [-0.2, -0.15) is 0 Å². The first-order chi connectivity index (χ1) is 6.15. The fraction of sp³-hybridized carbons (Fsp3) is 0.500. The summed E-state index contributed by atoms with van der Waals surface area (Å²) >= 11 is 0. The second-order valence-corrected chi connectivity index (χ2v) is 2.70. The highest BCUT2D eigenvalue weighted by atomic mass is 16.5. The molecule has 0 spiro atoms. The van der Waals surface area contributed by atoms with E-state index in [4.69, 9.17) is 4.52 Å². The maximum Gasteiger partial charge on any atom is 0.320 e. The van der Waals surface area contributed by atoms with Gasteiger partial charge in [0.1, 0.15) is 5.76 Å². The largest absolute Gasteiger partial charge is 0.359 e. The summed E-state index contributed by atoms with van der Waals surface area (Å²) in [5.74, 6) is 1.19. The molecule has 0 saturated heterocycles. The van der Waals surface area contributed by atoms with E-state index < -0.39 is 0 Å². The van der Waals surface area contributed by atoms with Crippen molar-refractivity contribution in [3.63, 3.8) is 0 Å². The van der Waals surface area contributed by atoms with E-state index in [1.165, 1.54) is 0 Å². The Morgan fingerprint density at radius 3 is 2.69 bits per heavy atom. The molecule has 0 aromatic carbocycles. The van der Waals surface area contributed by atoms with Crippen LogP contribution < -0.4 is 10.6 Å². The van der Waals surface area contributed by atoms with Gasteiger partial charge in [0.2, 0.25) is 0 Å². The predicted molar refractivity (Wildman–Crippen MR) is 48.7 cm³/mol. The quantitative estimate of drug-likeness (QED) is 0.728. The zero-order valence-electron chi connectivity index (χ0n) is 7.97. The number of urea groups is 1. The number of aryl methyl sites for hydroxylation is 1. The van der Waals surface area contributed by atoms with Crippen LogP contribution in [0.3, 0.4) is 0 Å². The predicted octanol–water partition coefficient (Wildman–Crippen LogP) is 1.43. The number of anilines is 1. The highest BCUT2D eigenvalue weighted by Crippen LogP contribution is 2.15. The van der Waals surface area contributed by atoms with Crippen LogP contribution in [-0.4, -0.2) is 17.7 Å². The second kappa shape index (κ2) is 3.93. The molecule has 0 aliphatic heterocycles. The fourth-order valence-corrected chi connectivity index (χ4v) is 0.847. The number of nitrogens with zero attached hydrogens (tertiary/aromatic N) is 1. The Balaban J connectivity index is 2.64. The fourth-order valence-electron chi connectivity index (χ4n) is 0.847. The standard InChI is InChI=1S/C8H13N3O2/c1-4-9-8(12)10-7-5(2)6(3)13-11-7/h4H2,1-3H3,(H2,9,10,11,12). The van der Waals surface area contributed by atoms with Gasteiger partial charge in [-0.1, -0.05) is 5.16 Å². The molecular weight excluding hydrogens is 170 g/mol. The van der Waals surface area contributed by atoms with Gasteiger partial charge in [-0.3, -0.25) is 5.32 Å². The lowest BCUT2D eigenvalue weighted by atomic mass is 10.3. The zero-order chi connectivity index (χ0) is 9.84. The van der Waals surface area contributed by atoms with Gasteiger partial charge in [-0.15, -0.1) is 0 Å². The molecule has 2 amide bonds.